The number of carbonyl (C=O) groups is 1. The number of hydrogen-bond acceptors (Lipinski definition) is 10. The van der Waals surface area contributed by atoms with Crippen LogP contribution in [0.2, 0.25) is 0 Å². The molecule has 0 aliphatic carbocycles. The normalized spacial score (nSPS) is 21.2. The third-order valence-corrected chi connectivity index (χ3v) is 5.91. The molecule has 1 fully saturated rings. The van der Waals surface area contributed by atoms with Crippen molar-refractivity contribution in [1.82, 2.24) is 24.5 Å². The first-order valence-electron chi connectivity index (χ1n) is 11.4. The number of amides is 1. The molecule has 0 bridgehead atoms. The van der Waals surface area contributed by atoms with Gasteiger partial charge in [0.1, 0.15) is 37.1 Å². The van der Waals surface area contributed by atoms with Crippen LogP contribution >= 0.6 is 0 Å². The lowest BCUT2D eigenvalue weighted by Gasteiger charge is -2.19. The van der Waals surface area contributed by atoms with Gasteiger partial charge in [-0.05, 0) is 29.8 Å². The number of rotatable bonds is 7. The highest BCUT2D eigenvalue weighted by molar-refractivity contribution is 5.84. The third kappa shape index (κ3) is 5.18. The molecule has 0 spiro atoms. The van der Waals surface area contributed by atoms with Crippen molar-refractivity contribution in [3.63, 3.8) is 0 Å². The fourth-order valence-corrected chi connectivity index (χ4v) is 4.13. The van der Waals surface area contributed by atoms with E-state index in [2.05, 4.69) is 25.3 Å². The molecule has 1 aromatic carbocycles. The summed E-state index contributed by atoms with van der Waals surface area (Å²) in [6.07, 6.45) is 0.348. The van der Waals surface area contributed by atoms with Crippen molar-refractivity contribution in [3.8, 4) is 0 Å². The summed E-state index contributed by atoms with van der Waals surface area (Å²) >= 11 is 0. The van der Waals surface area contributed by atoms with Crippen molar-refractivity contribution >= 4 is 28.8 Å². The molecule has 3 N–H and O–H groups in total. The van der Waals surface area contributed by atoms with Gasteiger partial charge in [0, 0.05) is 19.8 Å². The van der Waals surface area contributed by atoms with Crippen LogP contribution in [0.1, 0.15) is 11.8 Å². The molecule has 0 radical (unpaired) electrons. The molecule has 5 rings (SSSR count). The highest BCUT2D eigenvalue weighted by Crippen LogP contribution is 2.33. The van der Waals surface area contributed by atoms with Crippen LogP contribution < -0.4 is 10.2 Å². The van der Waals surface area contributed by atoms with E-state index in [4.69, 9.17) is 9.47 Å². The molecule has 0 saturated carbocycles. The van der Waals surface area contributed by atoms with Crippen LogP contribution in [0.5, 0.6) is 0 Å². The van der Waals surface area contributed by atoms with Crippen molar-refractivity contribution in [3.05, 3.63) is 72.8 Å². The molecular weight excluding hydrogens is 485 g/mol. The fraction of sp³-hybridized carbons (Fsp3) is 0.292. The Morgan fingerprint density at radius 1 is 1.22 bits per heavy atom. The lowest BCUT2D eigenvalue weighted by atomic mass is 10.1. The molecular formula is C24H24FN7O5. The van der Waals surface area contributed by atoms with Gasteiger partial charge in [0.15, 0.2) is 23.2 Å². The summed E-state index contributed by atoms with van der Waals surface area (Å²) < 4.78 is 26.1. The number of pyridine rings is 1. The highest BCUT2D eigenvalue weighted by atomic mass is 19.1. The first kappa shape index (κ1) is 24.5. The highest BCUT2D eigenvalue weighted by Gasteiger charge is 2.45. The molecule has 192 valence electrons. The first-order valence-corrected chi connectivity index (χ1v) is 11.4. The van der Waals surface area contributed by atoms with E-state index in [0.29, 0.717) is 29.2 Å². The molecule has 1 aliphatic heterocycles. The standard InChI is InChI=1S/C24H24FN7O5/c1-31(10-14-4-2-5-15(25)8-14)21-18-22(28-12-27-21)32(13-29-18)23-20(34)19(33)17(37-23)11-36-24(35)30-16-6-3-7-26-9-16/h2-9,12-13,17,19-20,23,33-34H,10-11H2,1H3,(H,30,35)/t17-,19-,20-,23-/m1/s1. The van der Waals surface area contributed by atoms with E-state index in [9.17, 15) is 19.4 Å². The molecule has 1 amide bonds. The second kappa shape index (κ2) is 10.4. The summed E-state index contributed by atoms with van der Waals surface area (Å²) in [4.78, 5) is 30.8. The molecule has 1 aliphatic rings. The zero-order chi connectivity index (χ0) is 25.9. The second-order valence-corrected chi connectivity index (χ2v) is 8.52. The van der Waals surface area contributed by atoms with Gasteiger partial charge in [-0.1, -0.05) is 12.1 Å². The van der Waals surface area contributed by atoms with Crippen LogP contribution in [-0.2, 0) is 16.0 Å². The zero-order valence-electron chi connectivity index (χ0n) is 19.7. The average Bonchev–Trinajstić information content (AvgIpc) is 3.44. The number of nitrogens with zero attached hydrogens (tertiary/aromatic N) is 6. The molecule has 12 nitrogen and oxygen atoms in total. The number of imidazole rings is 1. The third-order valence-electron chi connectivity index (χ3n) is 5.91. The number of halogens is 1. The number of anilines is 2. The zero-order valence-corrected chi connectivity index (χ0v) is 19.7. The lowest BCUT2D eigenvalue weighted by Crippen LogP contribution is -2.34. The van der Waals surface area contributed by atoms with Crippen LogP contribution in [0, 0.1) is 5.82 Å². The number of ether oxygens (including phenoxy) is 2. The van der Waals surface area contributed by atoms with Crippen LogP contribution in [0.25, 0.3) is 11.2 Å². The summed E-state index contributed by atoms with van der Waals surface area (Å²) in [5, 5.41) is 23.7. The van der Waals surface area contributed by atoms with E-state index >= 15 is 0 Å². The maximum absolute atomic E-state index is 13.6. The van der Waals surface area contributed by atoms with Crippen molar-refractivity contribution in [2.45, 2.75) is 31.1 Å². The summed E-state index contributed by atoms with van der Waals surface area (Å²) in [7, 11) is 1.79. The van der Waals surface area contributed by atoms with E-state index in [0.717, 1.165) is 5.56 Å². The second-order valence-electron chi connectivity index (χ2n) is 8.52. The Labute approximate surface area is 210 Å². The van der Waals surface area contributed by atoms with Gasteiger partial charge < -0.3 is 24.6 Å². The van der Waals surface area contributed by atoms with Gasteiger partial charge in [-0.15, -0.1) is 0 Å². The number of aromatic nitrogens is 5. The van der Waals surface area contributed by atoms with E-state index in [-0.39, 0.29) is 12.4 Å². The van der Waals surface area contributed by atoms with Crippen molar-refractivity contribution in [1.29, 1.82) is 0 Å². The Morgan fingerprint density at radius 3 is 2.86 bits per heavy atom. The van der Waals surface area contributed by atoms with Gasteiger partial charge in [0.2, 0.25) is 0 Å². The number of benzene rings is 1. The Balaban J connectivity index is 1.29. The number of fused-ring (bicyclic) bond motifs is 1. The SMILES string of the molecule is CN(Cc1cccc(F)c1)c1ncnc2c1ncn2[C@@H]1O[C@H](COC(=O)Nc2cccnc2)[C@@H](O)[C@H]1O. The molecule has 1 saturated heterocycles. The Kier molecular flexibility index (Phi) is 6.90. The minimum absolute atomic E-state index is 0.302. The van der Waals surface area contributed by atoms with Crippen LogP contribution in [-0.4, -0.2) is 72.8 Å². The monoisotopic (exact) mass is 509 g/mol. The first-order chi connectivity index (χ1) is 17.9. The van der Waals surface area contributed by atoms with Crippen LogP contribution in [0.4, 0.5) is 20.7 Å². The quantitative estimate of drug-likeness (QED) is 0.337. The van der Waals surface area contributed by atoms with Crippen molar-refractivity contribution in [2.75, 3.05) is 23.9 Å². The number of hydrogen-bond donors (Lipinski definition) is 3. The van der Waals surface area contributed by atoms with E-state index < -0.39 is 30.6 Å². The topological polar surface area (TPSA) is 148 Å². The van der Waals surface area contributed by atoms with Crippen molar-refractivity contribution < 1.29 is 28.9 Å². The summed E-state index contributed by atoms with van der Waals surface area (Å²) in [5.74, 6) is 0.162. The predicted octanol–water partition coefficient (Wildman–Crippen LogP) is 1.86. The molecule has 3 aromatic heterocycles. The maximum Gasteiger partial charge on any atom is 0.411 e. The molecule has 4 aromatic rings. The Hall–Kier alpha value is -4.20. The number of nitrogens with one attached hydrogen (secondary N) is 1. The maximum atomic E-state index is 13.6. The van der Waals surface area contributed by atoms with Gasteiger partial charge in [-0.25, -0.2) is 24.1 Å². The molecule has 4 heterocycles. The van der Waals surface area contributed by atoms with Gasteiger partial charge in [0.25, 0.3) is 0 Å². The number of aliphatic hydroxyl groups is 2. The molecule has 13 heteroatoms. The Bertz CT molecular complexity index is 1390. The predicted molar refractivity (Wildman–Crippen MR) is 129 cm³/mol. The van der Waals surface area contributed by atoms with Gasteiger partial charge in [0.05, 0.1) is 18.2 Å². The summed E-state index contributed by atoms with van der Waals surface area (Å²) in [5.41, 5.74) is 1.99. The average molecular weight is 509 g/mol. The van der Waals surface area contributed by atoms with E-state index in [1.54, 1.807) is 42.4 Å². The Morgan fingerprint density at radius 2 is 2.08 bits per heavy atom. The summed E-state index contributed by atoms with van der Waals surface area (Å²) in [6, 6.07) is 9.56. The van der Waals surface area contributed by atoms with Crippen LogP contribution in [0.15, 0.2) is 61.4 Å². The van der Waals surface area contributed by atoms with Gasteiger partial charge in [-0.3, -0.25) is 14.9 Å². The fourth-order valence-electron chi connectivity index (χ4n) is 4.13. The largest absolute Gasteiger partial charge is 0.446 e. The minimum Gasteiger partial charge on any atom is -0.446 e. The van der Waals surface area contributed by atoms with Crippen LogP contribution in [0.3, 0.4) is 0 Å². The smallest absolute Gasteiger partial charge is 0.411 e. The number of carbonyl (C=O) groups excluding carboxylic acids is 1. The van der Waals surface area contributed by atoms with E-state index in [1.807, 2.05) is 0 Å². The molecule has 0 unspecified atom stereocenters. The number of aliphatic hydroxyl groups excluding tert-OH is 2. The van der Waals surface area contributed by atoms with Gasteiger partial charge in [-0.2, -0.15) is 0 Å². The molecule has 4 atom stereocenters. The lowest BCUT2D eigenvalue weighted by molar-refractivity contribution is -0.0522. The van der Waals surface area contributed by atoms with Crippen molar-refractivity contribution in [2.24, 2.45) is 0 Å². The van der Waals surface area contributed by atoms with Gasteiger partial charge >= 0.3 is 6.09 Å². The van der Waals surface area contributed by atoms with E-state index in [1.165, 1.54) is 35.6 Å². The minimum atomic E-state index is -1.34. The summed E-state index contributed by atoms with van der Waals surface area (Å²) in [6.45, 7) is 0.0720. The molecule has 37 heavy (non-hydrogen) atoms.